The highest BCUT2D eigenvalue weighted by molar-refractivity contribution is 5.96. The number of hydrogen-bond acceptors (Lipinski definition) is 4. The molecule has 0 saturated carbocycles. The Kier molecular flexibility index (Phi) is 5.09. The normalized spacial score (nSPS) is 18.3. The summed E-state index contributed by atoms with van der Waals surface area (Å²) in [4.78, 5) is 29.9. The third-order valence-electron chi connectivity index (χ3n) is 4.14. The molecule has 0 radical (unpaired) electrons. The molecule has 6 nitrogen and oxygen atoms in total. The molecule has 0 spiro atoms. The monoisotopic (exact) mass is 338 g/mol. The molecule has 1 fully saturated rings. The zero-order valence-electron chi connectivity index (χ0n) is 13.5. The van der Waals surface area contributed by atoms with Crippen LogP contribution in [0.3, 0.4) is 0 Å². The zero-order chi connectivity index (χ0) is 17.6. The van der Waals surface area contributed by atoms with Gasteiger partial charge in [-0.05, 0) is 24.1 Å². The molecule has 0 aliphatic carbocycles. The number of amides is 1. The van der Waals surface area contributed by atoms with Crippen molar-refractivity contribution in [2.45, 2.75) is 18.9 Å². The van der Waals surface area contributed by atoms with E-state index in [-0.39, 0.29) is 0 Å². The van der Waals surface area contributed by atoms with Crippen LogP contribution in [0.25, 0.3) is 0 Å². The van der Waals surface area contributed by atoms with E-state index in [2.05, 4.69) is 5.16 Å². The molecular weight excluding hydrogens is 320 g/mol. The number of carboxylic acid groups (broad SMARTS) is 1. The van der Waals surface area contributed by atoms with E-state index < -0.39 is 18.1 Å². The van der Waals surface area contributed by atoms with Gasteiger partial charge in [0.2, 0.25) is 0 Å². The van der Waals surface area contributed by atoms with E-state index >= 15 is 0 Å². The molecule has 25 heavy (non-hydrogen) atoms. The maximum atomic E-state index is 12.0. The Morgan fingerprint density at radius 2 is 1.72 bits per heavy atom. The van der Waals surface area contributed by atoms with E-state index in [1.165, 1.54) is 4.90 Å². The minimum Gasteiger partial charge on any atom is -0.465 e. The van der Waals surface area contributed by atoms with Gasteiger partial charge in [0.15, 0.2) is 0 Å². The lowest BCUT2D eigenvalue weighted by atomic mass is 10.0. The van der Waals surface area contributed by atoms with Crippen molar-refractivity contribution in [3.63, 3.8) is 0 Å². The van der Waals surface area contributed by atoms with Gasteiger partial charge in [0.05, 0.1) is 17.3 Å². The summed E-state index contributed by atoms with van der Waals surface area (Å²) in [5.41, 5.74) is 1.97. The summed E-state index contributed by atoms with van der Waals surface area (Å²) in [6.45, 7) is 0.342. The smallest absolute Gasteiger partial charge is 0.407 e. The molecule has 1 atom stereocenters. The highest BCUT2D eigenvalue weighted by Gasteiger charge is 2.34. The van der Waals surface area contributed by atoms with E-state index in [0.717, 1.165) is 5.56 Å². The van der Waals surface area contributed by atoms with Gasteiger partial charge in [-0.1, -0.05) is 53.7 Å². The first kappa shape index (κ1) is 16.7. The number of carbonyl (C=O) groups excluding carboxylic acids is 1. The molecule has 1 unspecified atom stereocenters. The number of benzene rings is 2. The molecule has 1 N–H and O–H groups in total. The van der Waals surface area contributed by atoms with Crippen LogP contribution >= 0.6 is 0 Å². The van der Waals surface area contributed by atoms with Crippen molar-refractivity contribution >= 4 is 17.8 Å². The van der Waals surface area contributed by atoms with Crippen molar-refractivity contribution in [2.24, 2.45) is 5.16 Å². The number of hydrogen-bond donors (Lipinski definition) is 1. The molecule has 2 aromatic rings. The van der Waals surface area contributed by atoms with Crippen LogP contribution in [0.4, 0.5) is 4.79 Å². The molecule has 0 aromatic heterocycles. The zero-order valence-corrected chi connectivity index (χ0v) is 13.5. The summed E-state index contributed by atoms with van der Waals surface area (Å²) in [5.74, 6) is -0.555. The van der Waals surface area contributed by atoms with Crippen molar-refractivity contribution < 1.29 is 19.5 Å². The van der Waals surface area contributed by atoms with Gasteiger partial charge >= 0.3 is 12.1 Å². The van der Waals surface area contributed by atoms with E-state index in [1.54, 1.807) is 30.3 Å². The summed E-state index contributed by atoms with van der Waals surface area (Å²) in [7, 11) is 0. The van der Waals surface area contributed by atoms with Gasteiger partial charge < -0.3 is 9.94 Å². The molecule has 2 aromatic carbocycles. The molecule has 3 rings (SSSR count). The highest BCUT2D eigenvalue weighted by atomic mass is 16.7. The Hall–Kier alpha value is -3.15. The Morgan fingerprint density at radius 1 is 1.08 bits per heavy atom. The lowest BCUT2D eigenvalue weighted by molar-refractivity contribution is 0.0514. The Labute approximate surface area is 145 Å². The van der Waals surface area contributed by atoms with E-state index in [1.807, 2.05) is 30.3 Å². The van der Waals surface area contributed by atoms with Crippen LogP contribution in [0, 0.1) is 0 Å². The fraction of sp³-hybridized carbons (Fsp3) is 0.211. The lowest BCUT2D eigenvalue weighted by Gasteiger charge is -2.21. The van der Waals surface area contributed by atoms with Crippen LogP contribution in [-0.2, 0) is 11.3 Å². The van der Waals surface area contributed by atoms with E-state index in [4.69, 9.17) is 4.84 Å². The molecule has 128 valence electrons. The molecule has 1 amide bonds. The van der Waals surface area contributed by atoms with Crippen molar-refractivity contribution in [1.29, 1.82) is 0 Å². The molecular formula is C19H18N2O4. The van der Waals surface area contributed by atoms with Gasteiger partial charge in [-0.15, -0.1) is 0 Å². The van der Waals surface area contributed by atoms with Gasteiger partial charge in [0, 0.05) is 13.0 Å². The Bertz CT molecular complexity index is 775. The quantitative estimate of drug-likeness (QED) is 0.686. The average Bonchev–Trinajstić information content (AvgIpc) is 3.04. The highest BCUT2D eigenvalue weighted by Crippen LogP contribution is 2.20. The van der Waals surface area contributed by atoms with Crippen LogP contribution in [0.2, 0.25) is 0 Å². The summed E-state index contributed by atoms with van der Waals surface area (Å²) in [5, 5.41) is 13.4. The largest absolute Gasteiger partial charge is 0.465 e. The molecule has 1 saturated heterocycles. The molecule has 1 aliphatic heterocycles. The number of oxime groups is 1. The summed E-state index contributed by atoms with van der Waals surface area (Å²) < 4.78 is 0. The third kappa shape index (κ3) is 4.03. The number of nitrogens with zero attached hydrogens (tertiary/aromatic N) is 2. The van der Waals surface area contributed by atoms with Gasteiger partial charge in [0.25, 0.3) is 0 Å². The van der Waals surface area contributed by atoms with Gasteiger partial charge in [-0.2, -0.15) is 0 Å². The topological polar surface area (TPSA) is 79.2 Å². The third-order valence-corrected chi connectivity index (χ3v) is 4.14. The van der Waals surface area contributed by atoms with Crippen LogP contribution in [0.15, 0.2) is 65.8 Å². The van der Waals surface area contributed by atoms with Crippen LogP contribution in [0.5, 0.6) is 0 Å². The van der Waals surface area contributed by atoms with Crippen molar-refractivity contribution in [2.75, 3.05) is 6.54 Å². The van der Waals surface area contributed by atoms with E-state index in [9.17, 15) is 14.7 Å². The molecule has 0 bridgehead atoms. The fourth-order valence-corrected chi connectivity index (χ4v) is 2.87. The number of likely N-dealkylation sites (tertiary alicyclic amines) is 1. The first-order valence-corrected chi connectivity index (χ1v) is 8.02. The molecule has 1 aliphatic rings. The number of carbonyl (C=O) groups is 2. The Balaban J connectivity index is 1.76. The maximum absolute atomic E-state index is 12.0. The minimum absolute atomic E-state index is 0.342. The molecule has 6 heteroatoms. The second-order valence-electron chi connectivity index (χ2n) is 5.76. The van der Waals surface area contributed by atoms with Crippen LogP contribution in [0.1, 0.15) is 22.3 Å². The first-order valence-electron chi connectivity index (χ1n) is 8.02. The van der Waals surface area contributed by atoms with Crippen molar-refractivity contribution in [3.05, 3.63) is 71.8 Å². The first-order chi connectivity index (χ1) is 12.1. The van der Waals surface area contributed by atoms with Gasteiger partial charge in [-0.25, -0.2) is 9.59 Å². The van der Waals surface area contributed by atoms with Crippen LogP contribution in [-0.4, -0.2) is 40.4 Å². The summed E-state index contributed by atoms with van der Waals surface area (Å²) >= 11 is 0. The predicted molar refractivity (Wildman–Crippen MR) is 92.6 cm³/mol. The van der Waals surface area contributed by atoms with E-state index in [0.29, 0.717) is 30.7 Å². The average molecular weight is 338 g/mol. The maximum Gasteiger partial charge on any atom is 0.407 e. The minimum atomic E-state index is -1.000. The fourth-order valence-electron chi connectivity index (χ4n) is 2.87. The van der Waals surface area contributed by atoms with Crippen LogP contribution < -0.4 is 0 Å². The lowest BCUT2D eigenvalue weighted by Crippen LogP contribution is -2.38. The van der Waals surface area contributed by atoms with Crippen molar-refractivity contribution in [3.8, 4) is 0 Å². The van der Waals surface area contributed by atoms with Crippen molar-refractivity contribution in [1.82, 2.24) is 4.90 Å². The summed E-state index contributed by atoms with van der Waals surface area (Å²) in [6, 6.07) is 17.7. The second-order valence-corrected chi connectivity index (χ2v) is 5.76. The van der Waals surface area contributed by atoms with Gasteiger partial charge in [0.1, 0.15) is 0 Å². The molecule has 1 heterocycles. The SMILES string of the molecule is O=C(ON=C1CCN(C(=O)O)C1Cc1ccccc1)c1ccccc1. The number of rotatable bonds is 4. The Morgan fingerprint density at radius 3 is 2.36 bits per heavy atom. The predicted octanol–water partition coefficient (Wildman–Crippen LogP) is 3.19. The summed E-state index contributed by atoms with van der Waals surface area (Å²) in [6.07, 6.45) is -0.0544. The second kappa shape index (κ2) is 7.61. The van der Waals surface area contributed by atoms with Gasteiger partial charge in [-0.3, -0.25) is 4.90 Å². The standard InChI is InChI=1S/C19H18N2O4/c22-18(15-9-5-2-6-10-15)25-20-16-11-12-21(19(23)24)17(16)13-14-7-3-1-4-8-14/h1-10,17H,11-13H2,(H,23,24).